The van der Waals surface area contributed by atoms with Gasteiger partial charge in [0.25, 0.3) is 0 Å². The Bertz CT molecular complexity index is 1450. The highest BCUT2D eigenvalue weighted by Crippen LogP contribution is 2.41. The zero-order valence-electron chi connectivity index (χ0n) is 24.0. The van der Waals surface area contributed by atoms with Crippen LogP contribution in [-0.2, 0) is 10.7 Å². The van der Waals surface area contributed by atoms with Crippen LogP contribution < -0.4 is 20.8 Å². The molecule has 2 saturated heterocycles. The predicted octanol–water partition coefficient (Wildman–Crippen LogP) is 6.10. The van der Waals surface area contributed by atoms with Gasteiger partial charge in [0.2, 0.25) is 5.95 Å². The molecule has 0 aliphatic carbocycles. The largest absolute Gasteiger partial charge is 0.418 e. The topological polar surface area (TPSA) is 76.6 Å². The first-order valence-electron chi connectivity index (χ1n) is 14.0. The number of hydrogen-bond acceptors (Lipinski definition) is 8. The second kappa shape index (κ2) is 12.4. The number of benzene rings is 2. The lowest BCUT2D eigenvalue weighted by molar-refractivity contribution is -0.137. The molecule has 5 rings (SSSR count). The number of nitrogens with zero attached hydrogens (tertiary/aromatic N) is 5. The smallest absolute Gasteiger partial charge is 0.371 e. The Morgan fingerprint density at radius 3 is 2.33 bits per heavy atom. The molecule has 3 heterocycles. The van der Waals surface area contributed by atoms with Gasteiger partial charge < -0.3 is 25.0 Å². The fourth-order valence-electron chi connectivity index (χ4n) is 5.60. The second-order valence-corrected chi connectivity index (χ2v) is 14.9. The number of halogens is 4. The standard InChI is InChI=1S/C29H36ClF3N7OP/c1-38-14-16-39(17-15-38)21-10-12-40(13-11-21)25-9-8-20(18-22(25)29(31,32)33)35-28-34-19-23(30)27(37-28)36-24-6-4-5-7-26(24)42(2,3)41/h4-9,18-19,21H,10-17H2,1-3H3,(H2,34,35,36,37). The normalized spacial score (nSPS) is 17.8. The van der Waals surface area contributed by atoms with Crippen LogP contribution in [0, 0.1) is 0 Å². The minimum atomic E-state index is -4.53. The van der Waals surface area contributed by atoms with Crippen molar-refractivity contribution in [2.75, 3.05) is 75.2 Å². The molecule has 2 aromatic carbocycles. The van der Waals surface area contributed by atoms with E-state index in [1.807, 2.05) is 4.90 Å². The van der Waals surface area contributed by atoms with Crippen molar-refractivity contribution in [3.63, 3.8) is 0 Å². The number of rotatable bonds is 7. The highest BCUT2D eigenvalue weighted by molar-refractivity contribution is 7.70. The first-order valence-corrected chi connectivity index (χ1v) is 17.0. The van der Waals surface area contributed by atoms with Gasteiger partial charge in [0.05, 0.1) is 17.4 Å². The Labute approximate surface area is 249 Å². The van der Waals surface area contributed by atoms with Crippen LogP contribution in [-0.4, -0.2) is 85.5 Å². The summed E-state index contributed by atoms with van der Waals surface area (Å²) in [7, 11) is -0.490. The molecule has 8 nitrogen and oxygen atoms in total. The van der Waals surface area contributed by atoms with Crippen LogP contribution in [0.1, 0.15) is 18.4 Å². The van der Waals surface area contributed by atoms with Crippen molar-refractivity contribution in [2.24, 2.45) is 0 Å². The van der Waals surface area contributed by atoms with Crippen molar-refractivity contribution < 1.29 is 17.7 Å². The molecule has 0 unspecified atom stereocenters. The SMILES string of the molecule is CN1CCN(C2CCN(c3ccc(Nc4ncc(Cl)c(Nc5ccccc5P(C)(C)=O)n4)cc3C(F)(F)F)CC2)CC1. The summed E-state index contributed by atoms with van der Waals surface area (Å²) >= 11 is 6.33. The summed E-state index contributed by atoms with van der Waals surface area (Å²) in [6.07, 6.45) is -1.50. The van der Waals surface area contributed by atoms with Crippen LogP contribution in [0.2, 0.25) is 5.02 Å². The maximum atomic E-state index is 14.3. The molecular weight excluding hydrogens is 586 g/mol. The summed E-state index contributed by atoms with van der Waals surface area (Å²) in [4.78, 5) is 15.2. The lowest BCUT2D eigenvalue weighted by atomic mass is 10.00. The summed E-state index contributed by atoms with van der Waals surface area (Å²) < 4.78 is 55.6. The van der Waals surface area contributed by atoms with Crippen molar-refractivity contribution in [1.29, 1.82) is 0 Å². The van der Waals surface area contributed by atoms with Crippen LogP contribution in [0.4, 0.5) is 42.0 Å². The number of hydrogen-bond donors (Lipinski definition) is 2. The number of alkyl halides is 3. The summed E-state index contributed by atoms with van der Waals surface area (Å²) in [5.74, 6) is 0.315. The first kappa shape index (κ1) is 30.6. The Hall–Kier alpha value is -2.85. The molecule has 3 aromatic rings. The van der Waals surface area contributed by atoms with Gasteiger partial charge in [-0.25, -0.2) is 4.98 Å². The van der Waals surface area contributed by atoms with Crippen molar-refractivity contribution in [3.05, 3.63) is 59.2 Å². The molecular formula is C29H36ClF3N7OP. The Kier molecular flexibility index (Phi) is 9.04. The molecule has 2 N–H and O–H groups in total. The minimum Gasteiger partial charge on any atom is -0.371 e. The van der Waals surface area contributed by atoms with Crippen molar-refractivity contribution in [3.8, 4) is 0 Å². The fourth-order valence-corrected chi connectivity index (χ4v) is 6.89. The van der Waals surface area contributed by atoms with E-state index in [2.05, 4.69) is 37.4 Å². The molecule has 0 spiro atoms. The monoisotopic (exact) mass is 621 g/mol. The van der Waals surface area contributed by atoms with Gasteiger partial charge in [0, 0.05) is 62.0 Å². The van der Waals surface area contributed by atoms with Crippen molar-refractivity contribution in [1.82, 2.24) is 19.8 Å². The van der Waals surface area contributed by atoms with E-state index in [-0.39, 0.29) is 28.2 Å². The van der Waals surface area contributed by atoms with Crippen LogP contribution in [0.3, 0.4) is 0 Å². The Balaban J connectivity index is 1.32. The van der Waals surface area contributed by atoms with Gasteiger partial charge >= 0.3 is 6.18 Å². The van der Waals surface area contributed by atoms with Crippen LogP contribution in [0.5, 0.6) is 0 Å². The van der Waals surface area contributed by atoms with E-state index in [4.69, 9.17) is 11.6 Å². The third kappa shape index (κ3) is 7.19. The number of aromatic nitrogens is 2. The van der Waals surface area contributed by atoms with E-state index in [1.165, 1.54) is 12.3 Å². The second-order valence-electron chi connectivity index (χ2n) is 11.3. The maximum absolute atomic E-state index is 14.3. The van der Waals surface area contributed by atoms with Gasteiger partial charge in [-0.3, -0.25) is 4.90 Å². The third-order valence-corrected chi connectivity index (χ3v) is 9.73. The van der Waals surface area contributed by atoms with E-state index in [9.17, 15) is 17.7 Å². The number of piperidine rings is 1. The highest BCUT2D eigenvalue weighted by Gasteiger charge is 2.36. The van der Waals surface area contributed by atoms with Gasteiger partial charge in [-0.1, -0.05) is 23.7 Å². The summed E-state index contributed by atoms with van der Waals surface area (Å²) in [6.45, 7) is 8.54. The van der Waals surface area contributed by atoms with E-state index >= 15 is 0 Å². The summed E-state index contributed by atoms with van der Waals surface area (Å²) in [5.41, 5.74) is 0.272. The average molecular weight is 622 g/mol. The van der Waals surface area contributed by atoms with Crippen molar-refractivity contribution in [2.45, 2.75) is 25.1 Å². The van der Waals surface area contributed by atoms with Gasteiger partial charge in [-0.2, -0.15) is 18.2 Å². The average Bonchev–Trinajstić information content (AvgIpc) is 2.95. The number of likely N-dealkylation sites (N-methyl/N-ethyl adjacent to an activating group) is 1. The van der Waals surface area contributed by atoms with Crippen molar-refractivity contribution >= 4 is 52.9 Å². The van der Waals surface area contributed by atoms with E-state index in [0.717, 1.165) is 45.1 Å². The van der Waals surface area contributed by atoms with E-state index < -0.39 is 18.9 Å². The molecule has 42 heavy (non-hydrogen) atoms. The molecule has 0 atom stereocenters. The Morgan fingerprint density at radius 2 is 1.67 bits per heavy atom. The summed E-state index contributed by atoms with van der Waals surface area (Å²) in [6, 6.07) is 11.8. The highest BCUT2D eigenvalue weighted by atomic mass is 35.5. The molecule has 0 bridgehead atoms. The Morgan fingerprint density at radius 1 is 0.976 bits per heavy atom. The molecule has 226 valence electrons. The molecule has 13 heteroatoms. The number of piperazine rings is 1. The van der Waals surface area contributed by atoms with E-state index in [0.29, 0.717) is 30.1 Å². The number of para-hydroxylation sites is 1. The lowest BCUT2D eigenvalue weighted by Crippen LogP contribution is -2.52. The zero-order valence-corrected chi connectivity index (χ0v) is 25.6. The molecule has 1 aromatic heterocycles. The predicted molar refractivity (Wildman–Crippen MR) is 165 cm³/mol. The van der Waals surface area contributed by atoms with Gasteiger partial charge in [-0.15, -0.1) is 0 Å². The number of anilines is 5. The molecule has 2 aliphatic rings. The van der Waals surface area contributed by atoms with Crippen LogP contribution in [0.15, 0.2) is 48.7 Å². The minimum absolute atomic E-state index is 0.0735. The molecule has 2 aliphatic heterocycles. The fraction of sp³-hybridized carbons (Fsp3) is 0.448. The summed E-state index contributed by atoms with van der Waals surface area (Å²) in [5, 5.41) is 6.84. The van der Waals surface area contributed by atoms with Gasteiger partial charge in [0.1, 0.15) is 12.2 Å². The zero-order chi connectivity index (χ0) is 30.1. The maximum Gasteiger partial charge on any atom is 0.418 e. The molecule has 0 saturated carbocycles. The molecule has 2 fully saturated rings. The molecule has 0 amide bonds. The van der Waals surface area contributed by atoms with Crippen LogP contribution >= 0.6 is 18.7 Å². The number of nitrogens with one attached hydrogen (secondary N) is 2. The quantitative estimate of drug-likeness (QED) is 0.307. The van der Waals surface area contributed by atoms with E-state index in [1.54, 1.807) is 43.7 Å². The molecule has 0 radical (unpaired) electrons. The van der Waals surface area contributed by atoms with Crippen LogP contribution in [0.25, 0.3) is 0 Å². The third-order valence-electron chi connectivity index (χ3n) is 7.90. The van der Waals surface area contributed by atoms with Gasteiger partial charge in [-0.05, 0) is 63.6 Å². The van der Waals surface area contributed by atoms with Gasteiger partial charge in [0.15, 0.2) is 5.82 Å². The first-order chi connectivity index (χ1) is 19.9. The lowest BCUT2D eigenvalue weighted by Gasteiger charge is -2.43.